The van der Waals surface area contributed by atoms with Crippen LogP contribution in [0.3, 0.4) is 0 Å². The molecule has 9 nitrogen and oxygen atoms in total. The first-order valence-corrected chi connectivity index (χ1v) is 11.8. The number of rotatable bonds is 11. The Morgan fingerprint density at radius 2 is 1.78 bits per heavy atom. The van der Waals surface area contributed by atoms with Crippen LogP contribution >= 0.6 is 0 Å². The Balaban J connectivity index is 1.34. The predicted molar refractivity (Wildman–Crippen MR) is 117 cm³/mol. The van der Waals surface area contributed by atoms with Gasteiger partial charge in [0.05, 0.1) is 4.90 Å². The first-order valence-electron chi connectivity index (χ1n) is 10.3. The molecule has 2 aromatic carbocycles. The van der Waals surface area contributed by atoms with Crippen molar-refractivity contribution in [3.8, 4) is 23.3 Å². The summed E-state index contributed by atoms with van der Waals surface area (Å²) in [7, 11) is -3.64. The summed E-state index contributed by atoms with van der Waals surface area (Å²) in [5, 5.41) is 11.3. The lowest BCUT2D eigenvalue weighted by Crippen LogP contribution is -2.25. The molecule has 1 aliphatic heterocycles. The van der Waals surface area contributed by atoms with Crippen LogP contribution in [0.25, 0.3) is 0 Å². The molecule has 1 aliphatic rings. The maximum absolute atomic E-state index is 12.4. The maximum atomic E-state index is 12.4. The SMILES string of the molecule is N#CCOc1ccc(NC(=O)CCCCCNS(=O)(=O)c2ccc3c(c2)OCCO3)cc1. The van der Waals surface area contributed by atoms with Gasteiger partial charge >= 0.3 is 0 Å². The molecule has 1 amide bonds. The number of hydrogen-bond donors (Lipinski definition) is 2. The number of benzene rings is 2. The summed E-state index contributed by atoms with van der Waals surface area (Å²) in [5.41, 5.74) is 0.645. The highest BCUT2D eigenvalue weighted by atomic mass is 32.2. The van der Waals surface area contributed by atoms with Crippen LogP contribution in [-0.2, 0) is 14.8 Å². The molecule has 0 unspecified atom stereocenters. The van der Waals surface area contributed by atoms with Crippen LogP contribution in [0.15, 0.2) is 47.4 Å². The van der Waals surface area contributed by atoms with Crippen molar-refractivity contribution in [1.82, 2.24) is 4.72 Å². The third kappa shape index (κ3) is 6.87. The number of carbonyl (C=O) groups excluding carboxylic acids is 1. The summed E-state index contributed by atoms with van der Waals surface area (Å²) in [6.45, 7) is 1.08. The monoisotopic (exact) mass is 459 g/mol. The highest BCUT2D eigenvalue weighted by molar-refractivity contribution is 7.89. The van der Waals surface area contributed by atoms with Crippen LogP contribution in [0, 0.1) is 11.3 Å². The summed E-state index contributed by atoms with van der Waals surface area (Å²) in [6, 6.07) is 13.2. The van der Waals surface area contributed by atoms with E-state index in [1.54, 1.807) is 30.3 Å². The smallest absolute Gasteiger partial charge is 0.240 e. The molecule has 0 aromatic heterocycles. The predicted octanol–water partition coefficient (Wildman–Crippen LogP) is 2.84. The first-order chi connectivity index (χ1) is 15.5. The van der Waals surface area contributed by atoms with Crippen molar-refractivity contribution in [2.45, 2.75) is 30.6 Å². The Bertz CT molecular complexity index is 1060. The molecule has 2 aromatic rings. The first kappa shape index (κ1) is 23.4. The lowest BCUT2D eigenvalue weighted by molar-refractivity contribution is -0.116. The van der Waals surface area contributed by atoms with E-state index < -0.39 is 10.0 Å². The summed E-state index contributed by atoms with van der Waals surface area (Å²) in [6.07, 6.45) is 2.29. The van der Waals surface area contributed by atoms with E-state index in [0.717, 1.165) is 0 Å². The van der Waals surface area contributed by atoms with Crippen molar-refractivity contribution in [3.63, 3.8) is 0 Å². The molecule has 170 valence electrons. The summed E-state index contributed by atoms with van der Waals surface area (Å²) in [5.74, 6) is 1.40. The van der Waals surface area contributed by atoms with Gasteiger partial charge in [-0.3, -0.25) is 4.79 Å². The molecule has 0 atom stereocenters. The van der Waals surface area contributed by atoms with Crippen molar-refractivity contribution in [3.05, 3.63) is 42.5 Å². The number of ether oxygens (including phenoxy) is 3. The molecule has 0 radical (unpaired) electrons. The molecule has 0 bridgehead atoms. The normalized spacial score (nSPS) is 12.6. The minimum atomic E-state index is -3.64. The van der Waals surface area contributed by atoms with Crippen molar-refractivity contribution < 1.29 is 27.4 Å². The summed E-state index contributed by atoms with van der Waals surface area (Å²) < 4.78 is 43.5. The van der Waals surface area contributed by atoms with Gasteiger partial charge in [0.2, 0.25) is 15.9 Å². The average molecular weight is 460 g/mol. The van der Waals surface area contributed by atoms with E-state index in [2.05, 4.69) is 10.0 Å². The largest absolute Gasteiger partial charge is 0.486 e. The Morgan fingerprint density at radius 1 is 1.03 bits per heavy atom. The van der Waals surface area contributed by atoms with E-state index in [-0.39, 0.29) is 24.0 Å². The Kier molecular flexibility index (Phi) is 8.30. The summed E-state index contributed by atoms with van der Waals surface area (Å²) >= 11 is 0. The number of unbranched alkanes of at least 4 members (excludes halogenated alkanes) is 2. The van der Waals surface area contributed by atoms with Crippen LogP contribution in [0.2, 0.25) is 0 Å². The molecule has 10 heteroatoms. The third-order valence-electron chi connectivity index (χ3n) is 4.64. The Labute approximate surface area is 187 Å². The highest BCUT2D eigenvalue weighted by Gasteiger charge is 2.18. The standard InChI is InChI=1S/C22H25N3O6S/c23-11-13-29-18-7-5-17(6-8-18)25-22(26)4-2-1-3-12-24-32(27,28)19-9-10-20-21(16-19)31-15-14-30-20/h5-10,16,24H,1-4,12-15H2,(H,25,26). The number of nitrogens with one attached hydrogen (secondary N) is 2. The number of nitrogens with zero attached hydrogens (tertiary/aromatic N) is 1. The lowest BCUT2D eigenvalue weighted by Gasteiger charge is -2.18. The summed E-state index contributed by atoms with van der Waals surface area (Å²) in [4.78, 5) is 12.2. The molecule has 1 heterocycles. The molecular formula is C22H25N3O6S. The van der Waals surface area contributed by atoms with E-state index in [9.17, 15) is 13.2 Å². The fourth-order valence-electron chi connectivity index (χ4n) is 3.04. The number of hydrogen-bond acceptors (Lipinski definition) is 7. The molecule has 0 spiro atoms. The Hall–Kier alpha value is -3.29. The fourth-order valence-corrected chi connectivity index (χ4v) is 4.13. The lowest BCUT2D eigenvalue weighted by atomic mass is 10.2. The molecule has 2 N–H and O–H groups in total. The van der Waals surface area contributed by atoms with Gasteiger partial charge in [0.25, 0.3) is 0 Å². The quantitative estimate of drug-likeness (QED) is 0.495. The number of amides is 1. The Morgan fingerprint density at radius 3 is 2.53 bits per heavy atom. The topological polar surface area (TPSA) is 127 Å². The number of anilines is 1. The van der Waals surface area contributed by atoms with Gasteiger partial charge in [0.1, 0.15) is 25.0 Å². The van der Waals surface area contributed by atoms with Gasteiger partial charge < -0.3 is 19.5 Å². The van der Waals surface area contributed by atoms with Gasteiger partial charge in [0, 0.05) is 24.7 Å². The van der Waals surface area contributed by atoms with E-state index in [4.69, 9.17) is 19.5 Å². The minimum Gasteiger partial charge on any atom is -0.486 e. The number of fused-ring (bicyclic) bond motifs is 1. The second-order valence-corrected chi connectivity index (χ2v) is 8.80. The van der Waals surface area contributed by atoms with Crippen molar-refractivity contribution in [1.29, 1.82) is 5.26 Å². The van der Waals surface area contributed by atoms with Gasteiger partial charge in [-0.15, -0.1) is 0 Å². The molecular weight excluding hydrogens is 434 g/mol. The second-order valence-electron chi connectivity index (χ2n) is 7.03. The van der Waals surface area contributed by atoms with Gasteiger partial charge in [-0.1, -0.05) is 6.42 Å². The van der Waals surface area contributed by atoms with Crippen molar-refractivity contribution in [2.75, 3.05) is 31.7 Å². The van der Waals surface area contributed by atoms with Crippen LogP contribution in [0.4, 0.5) is 5.69 Å². The maximum Gasteiger partial charge on any atom is 0.240 e. The van der Waals surface area contributed by atoms with Crippen molar-refractivity contribution in [2.24, 2.45) is 0 Å². The van der Waals surface area contributed by atoms with Gasteiger partial charge in [-0.05, 0) is 49.2 Å². The van der Waals surface area contributed by atoms with Crippen molar-refractivity contribution >= 4 is 21.6 Å². The fraction of sp³-hybridized carbons (Fsp3) is 0.364. The van der Waals surface area contributed by atoms with Gasteiger partial charge in [0.15, 0.2) is 18.1 Å². The average Bonchev–Trinajstić information content (AvgIpc) is 2.80. The zero-order valence-electron chi connectivity index (χ0n) is 17.5. The minimum absolute atomic E-state index is 0.0292. The zero-order valence-corrected chi connectivity index (χ0v) is 18.3. The van der Waals surface area contributed by atoms with E-state index in [1.807, 2.05) is 6.07 Å². The zero-order chi connectivity index (χ0) is 22.8. The van der Waals surface area contributed by atoms with Crippen LogP contribution in [0.1, 0.15) is 25.7 Å². The number of nitriles is 1. The van der Waals surface area contributed by atoms with Crippen LogP contribution < -0.4 is 24.2 Å². The molecule has 0 fully saturated rings. The van der Waals surface area contributed by atoms with Gasteiger partial charge in [-0.25, -0.2) is 13.1 Å². The van der Waals surface area contributed by atoms with E-state index in [0.29, 0.717) is 61.8 Å². The molecule has 32 heavy (non-hydrogen) atoms. The molecule has 0 aliphatic carbocycles. The highest BCUT2D eigenvalue weighted by Crippen LogP contribution is 2.32. The number of carbonyl (C=O) groups is 1. The molecule has 3 rings (SSSR count). The second kappa shape index (κ2) is 11.4. The molecule has 0 saturated carbocycles. The van der Waals surface area contributed by atoms with E-state index >= 15 is 0 Å². The van der Waals surface area contributed by atoms with Gasteiger partial charge in [-0.2, -0.15) is 5.26 Å². The third-order valence-corrected chi connectivity index (χ3v) is 6.10. The van der Waals surface area contributed by atoms with E-state index in [1.165, 1.54) is 12.1 Å². The number of sulfonamides is 1. The molecule has 0 saturated heterocycles. The van der Waals surface area contributed by atoms with Crippen LogP contribution in [0.5, 0.6) is 17.2 Å². The van der Waals surface area contributed by atoms with Crippen LogP contribution in [-0.4, -0.2) is 40.7 Å².